The van der Waals surface area contributed by atoms with Gasteiger partial charge in [0.2, 0.25) is 0 Å². The van der Waals surface area contributed by atoms with Gasteiger partial charge in [-0.2, -0.15) is 0 Å². The van der Waals surface area contributed by atoms with E-state index in [0.29, 0.717) is 27.9 Å². The van der Waals surface area contributed by atoms with Crippen molar-refractivity contribution in [2.24, 2.45) is 0 Å². The first-order valence-corrected chi connectivity index (χ1v) is 9.35. The van der Waals surface area contributed by atoms with Gasteiger partial charge in [0.05, 0.1) is 17.7 Å². The van der Waals surface area contributed by atoms with Gasteiger partial charge in [0, 0.05) is 10.2 Å². The number of benzene rings is 2. The number of carbonyl (C=O) groups excluding carboxylic acids is 2. The first-order chi connectivity index (χ1) is 12.5. The van der Waals surface area contributed by atoms with E-state index in [2.05, 4.69) is 26.6 Å². The van der Waals surface area contributed by atoms with Gasteiger partial charge >= 0.3 is 5.97 Å². The second-order valence-electron chi connectivity index (χ2n) is 5.45. The summed E-state index contributed by atoms with van der Waals surface area (Å²) in [6.45, 7) is 2.45. The summed E-state index contributed by atoms with van der Waals surface area (Å²) >= 11 is 8.49. The number of esters is 1. The summed E-state index contributed by atoms with van der Waals surface area (Å²) in [4.78, 5) is 24.1. The Labute approximate surface area is 166 Å². The molecule has 5 nitrogen and oxygen atoms in total. The molecule has 0 radical (unpaired) electrons. The fraction of sp³-hybridized carbons (Fsp3) is 0.211. The molecule has 0 atom stereocenters. The number of amides is 1. The molecule has 0 heterocycles. The van der Waals surface area contributed by atoms with Gasteiger partial charge in [-0.15, -0.1) is 0 Å². The molecule has 7 heteroatoms. The average molecular weight is 435 g/mol. The van der Waals surface area contributed by atoms with E-state index in [-0.39, 0.29) is 17.0 Å². The van der Waals surface area contributed by atoms with Crippen molar-refractivity contribution in [1.82, 2.24) is 5.32 Å². The zero-order valence-corrected chi connectivity index (χ0v) is 16.7. The summed E-state index contributed by atoms with van der Waals surface area (Å²) in [5.41, 5.74) is 1.61. The van der Waals surface area contributed by atoms with Crippen LogP contribution in [0.5, 0.6) is 0 Å². The lowest BCUT2D eigenvalue weighted by molar-refractivity contribution is 0.0499. The highest BCUT2D eigenvalue weighted by Gasteiger charge is 2.11. The standard InChI is InChI=1S/C19H19BrN2O3S/c1-2-3-12-25-18(24)13-8-10-14(11-9-13)21-19(26)22-17(23)15-6-4-5-7-16(15)20/h4-11H,2-3,12H2,1H3,(H2,21,22,23,26). The number of hydrogen-bond donors (Lipinski definition) is 2. The Morgan fingerprint density at radius 2 is 1.81 bits per heavy atom. The molecule has 0 saturated heterocycles. The molecule has 0 aliphatic rings. The molecule has 0 aliphatic carbocycles. The van der Waals surface area contributed by atoms with E-state index in [1.54, 1.807) is 42.5 Å². The molecule has 1 amide bonds. The van der Waals surface area contributed by atoms with Crippen molar-refractivity contribution in [2.45, 2.75) is 19.8 Å². The molecular formula is C19H19BrN2O3S. The predicted octanol–water partition coefficient (Wildman–Crippen LogP) is 4.53. The van der Waals surface area contributed by atoms with Crippen LogP contribution in [0.25, 0.3) is 0 Å². The number of carbonyl (C=O) groups is 2. The summed E-state index contributed by atoms with van der Waals surface area (Å²) in [5, 5.41) is 5.70. The number of thiocarbonyl (C=S) groups is 1. The van der Waals surface area contributed by atoms with Crippen LogP contribution in [0.4, 0.5) is 5.69 Å². The van der Waals surface area contributed by atoms with Gasteiger partial charge < -0.3 is 10.1 Å². The van der Waals surface area contributed by atoms with Crippen molar-refractivity contribution < 1.29 is 14.3 Å². The molecule has 0 saturated carbocycles. The Bertz CT molecular complexity index is 794. The molecular weight excluding hydrogens is 416 g/mol. The van der Waals surface area contributed by atoms with Crippen molar-refractivity contribution in [3.63, 3.8) is 0 Å². The molecule has 0 unspecified atom stereocenters. The van der Waals surface area contributed by atoms with E-state index in [1.807, 2.05) is 13.0 Å². The lowest BCUT2D eigenvalue weighted by atomic mass is 10.2. The number of anilines is 1. The van der Waals surface area contributed by atoms with E-state index >= 15 is 0 Å². The molecule has 0 bridgehead atoms. The Morgan fingerprint density at radius 3 is 2.46 bits per heavy atom. The van der Waals surface area contributed by atoms with Crippen LogP contribution in [0.15, 0.2) is 53.0 Å². The maximum Gasteiger partial charge on any atom is 0.338 e. The molecule has 0 spiro atoms. The monoisotopic (exact) mass is 434 g/mol. The fourth-order valence-corrected chi connectivity index (χ4v) is 2.74. The van der Waals surface area contributed by atoms with Crippen molar-refractivity contribution >= 4 is 50.8 Å². The third kappa shape index (κ3) is 5.93. The van der Waals surface area contributed by atoms with E-state index < -0.39 is 0 Å². The third-order valence-corrected chi connectivity index (χ3v) is 4.35. The summed E-state index contributed by atoms with van der Waals surface area (Å²) in [6, 6.07) is 13.8. The first-order valence-electron chi connectivity index (χ1n) is 8.15. The normalized spacial score (nSPS) is 10.1. The lowest BCUT2D eigenvalue weighted by Crippen LogP contribution is -2.34. The highest BCUT2D eigenvalue weighted by atomic mass is 79.9. The van der Waals surface area contributed by atoms with Gasteiger partial charge in [0.15, 0.2) is 5.11 Å². The zero-order valence-electron chi connectivity index (χ0n) is 14.3. The van der Waals surface area contributed by atoms with Crippen LogP contribution in [0.2, 0.25) is 0 Å². The van der Waals surface area contributed by atoms with Gasteiger partial charge in [-0.1, -0.05) is 25.5 Å². The molecule has 0 aromatic heterocycles. The van der Waals surface area contributed by atoms with Crippen LogP contribution in [0.3, 0.4) is 0 Å². The number of ether oxygens (including phenoxy) is 1. The topological polar surface area (TPSA) is 67.4 Å². The summed E-state index contributed by atoms with van der Waals surface area (Å²) in [7, 11) is 0. The van der Waals surface area contributed by atoms with Crippen molar-refractivity contribution in [3.05, 3.63) is 64.1 Å². The highest BCUT2D eigenvalue weighted by molar-refractivity contribution is 9.10. The van der Waals surface area contributed by atoms with Crippen LogP contribution in [-0.4, -0.2) is 23.6 Å². The maximum atomic E-state index is 12.2. The zero-order chi connectivity index (χ0) is 18.9. The summed E-state index contributed by atoms with van der Waals surface area (Å²) in [6.07, 6.45) is 1.82. The number of nitrogens with one attached hydrogen (secondary N) is 2. The molecule has 2 aromatic carbocycles. The largest absolute Gasteiger partial charge is 0.462 e. The lowest BCUT2D eigenvalue weighted by Gasteiger charge is -2.11. The van der Waals surface area contributed by atoms with Crippen molar-refractivity contribution in [1.29, 1.82) is 0 Å². The molecule has 0 fully saturated rings. The number of hydrogen-bond acceptors (Lipinski definition) is 4. The fourth-order valence-electron chi connectivity index (χ4n) is 2.06. The molecule has 0 aliphatic heterocycles. The van der Waals surface area contributed by atoms with E-state index in [1.165, 1.54) is 0 Å². The van der Waals surface area contributed by atoms with Gasteiger partial charge in [-0.05, 0) is 71.0 Å². The quantitative estimate of drug-likeness (QED) is 0.397. The molecule has 136 valence electrons. The van der Waals surface area contributed by atoms with Crippen LogP contribution >= 0.6 is 28.1 Å². The van der Waals surface area contributed by atoms with Crippen molar-refractivity contribution in [3.8, 4) is 0 Å². The van der Waals surface area contributed by atoms with Crippen molar-refractivity contribution in [2.75, 3.05) is 11.9 Å². The second kappa shape index (κ2) is 10.0. The number of unbranched alkanes of at least 4 members (excludes halogenated alkanes) is 1. The minimum atomic E-state index is -0.352. The Hall–Kier alpha value is -2.25. The van der Waals surface area contributed by atoms with E-state index in [4.69, 9.17) is 17.0 Å². The molecule has 2 aromatic rings. The smallest absolute Gasteiger partial charge is 0.338 e. The molecule has 2 rings (SSSR count). The van der Waals surface area contributed by atoms with E-state index in [9.17, 15) is 9.59 Å². The number of halogens is 1. The van der Waals surface area contributed by atoms with Gasteiger partial charge in [0.25, 0.3) is 5.91 Å². The number of rotatable bonds is 6. The van der Waals surface area contributed by atoms with Gasteiger partial charge in [0.1, 0.15) is 0 Å². The van der Waals surface area contributed by atoms with Gasteiger partial charge in [-0.25, -0.2) is 4.79 Å². The van der Waals surface area contributed by atoms with Gasteiger partial charge in [-0.3, -0.25) is 10.1 Å². The minimum Gasteiger partial charge on any atom is -0.462 e. The third-order valence-electron chi connectivity index (χ3n) is 3.46. The SMILES string of the molecule is CCCCOC(=O)c1ccc(NC(=S)NC(=O)c2ccccc2Br)cc1. The van der Waals surface area contributed by atoms with Crippen LogP contribution < -0.4 is 10.6 Å². The Balaban J connectivity index is 1.90. The van der Waals surface area contributed by atoms with E-state index in [0.717, 1.165) is 12.8 Å². The predicted molar refractivity (Wildman–Crippen MR) is 109 cm³/mol. The average Bonchev–Trinajstić information content (AvgIpc) is 2.62. The molecule has 26 heavy (non-hydrogen) atoms. The highest BCUT2D eigenvalue weighted by Crippen LogP contribution is 2.16. The van der Waals surface area contributed by atoms with Crippen LogP contribution in [0.1, 0.15) is 40.5 Å². The minimum absolute atomic E-state index is 0.170. The Morgan fingerprint density at radius 1 is 1.12 bits per heavy atom. The first kappa shape index (κ1) is 20.1. The summed E-state index contributed by atoms with van der Waals surface area (Å²) in [5.74, 6) is -0.666. The maximum absolute atomic E-state index is 12.2. The van der Waals surface area contributed by atoms with Crippen LogP contribution in [-0.2, 0) is 4.74 Å². The Kier molecular flexibility index (Phi) is 7.74. The second-order valence-corrected chi connectivity index (χ2v) is 6.72. The molecule has 2 N–H and O–H groups in total. The summed E-state index contributed by atoms with van der Waals surface area (Å²) < 4.78 is 5.84. The van der Waals surface area contributed by atoms with Crippen LogP contribution in [0, 0.1) is 0 Å².